The molecule has 0 bridgehead atoms. The molecule has 0 aliphatic heterocycles. The zero-order valence-corrected chi connectivity index (χ0v) is 16.3. The van der Waals surface area contributed by atoms with E-state index in [9.17, 15) is 24.5 Å². The second-order valence-corrected chi connectivity index (χ2v) is 6.53. The summed E-state index contributed by atoms with van der Waals surface area (Å²) >= 11 is 11.7. The number of carbonyl (C=O) groups is 3. The number of benzene rings is 2. The van der Waals surface area contributed by atoms with Gasteiger partial charge < -0.3 is 15.4 Å². The third-order valence-corrected chi connectivity index (χ3v) is 4.05. The van der Waals surface area contributed by atoms with Crippen molar-refractivity contribution in [1.29, 1.82) is 0 Å². The minimum Gasteiger partial charge on any atom is -0.456 e. The number of rotatable bonds is 8. The van der Waals surface area contributed by atoms with Crippen LogP contribution in [0.15, 0.2) is 42.5 Å². The molecular formula is C18H15Cl2N3O6. The Hall–Kier alpha value is -3.17. The lowest BCUT2D eigenvalue weighted by atomic mass is 10.2. The number of non-ortho nitro benzene ring substituents is 1. The Bertz CT molecular complexity index is 934. The number of nitrogens with zero attached hydrogens (tertiary/aromatic N) is 1. The fourth-order valence-corrected chi connectivity index (χ4v) is 2.44. The Kier molecular flexibility index (Phi) is 7.93. The first kappa shape index (κ1) is 22.1. The summed E-state index contributed by atoms with van der Waals surface area (Å²) in [5, 5.41) is 16.2. The van der Waals surface area contributed by atoms with Gasteiger partial charge in [-0.2, -0.15) is 0 Å². The molecule has 0 aromatic heterocycles. The lowest BCUT2D eigenvalue weighted by Crippen LogP contribution is -2.22. The summed E-state index contributed by atoms with van der Waals surface area (Å²) < 4.78 is 4.81. The summed E-state index contributed by atoms with van der Waals surface area (Å²) in [4.78, 5) is 45.4. The first-order chi connectivity index (χ1) is 13.7. The Balaban J connectivity index is 1.72. The van der Waals surface area contributed by atoms with Crippen LogP contribution in [0.3, 0.4) is 0 Å². The van der Waals surface area contributed by atoms with Gasteiger partial charge in [-0.05, 0) is 30.3 Å². The van der Waals surface area contributed by atoms with Crippen LogP contribution >= 0.6 is 23.2 Å². The van der Waals surface area contributed by atoms with E-state index in [2.05, 4.69) is 10.6 Å². The van der Waals surface area contributed by atoms with Crippen molar-refractivity contribution in [2.45, 2.75) is 12.8 Å². The average molecular weight is 440 g/mol. The molecule has 2 amide bonds. The third-order valence-electron chi connectivity index (χ3n) is 3.48. The number of ether oxygens (including phenoxy) is 1. The molecule has 0 spiro atoms. The fraction of sp³-hybridized carbons (Fsp3) is 0.167. The van der Waals surface area contributed by atoms with Crippen LogP contribution in [-0.4, -0.2) is 29.3 Å². The van der Waals surface area contributed by atoms with E-state index in [0.29, 0.717) is 10.7 Å². The number of nitro benzene ring substituents is 1. The maximum atomic E-state index is 11.8. The number of amides is 2. The molecular weight excluding hydrogens is 425 g/mol. The molecule has 0 unspecified atom stereocenters. The average Bonchev–Trinajstić information content (AvgIpc) is 2.68. The standard InChI is InChI=1S/C18H15Cl2N3O6/c19-11-1-6-14(20)15(9-11)22-17(25)10-29-18(26)8-7-16(24)21-12-2-4-13(5-3-12)23(27)28/h1-6,9H,7-8,10H2,(H,21,24)(H,22,25). The number of nitrogens with one attached hydrogen (secondary N) is 2. The molecule has 152 valence electrons. The highest BCUT2D eigenvalue weighted by Crippen LogP contribution is 2.25. The van der Waals surface area contributed by atoms with Gasteiger partial charge in [0, 0.05) is 29.3 Å². The smallest absolute Gasteiger partial charge is 0.306 e. The highest BCUT2D eigenvalue weighted by Gasteiger charge is 2.13. The lowest BCUT2D eigenvalue weighted by Gasteiger charge is -2.08. The molecule has 29 heavy (non-hydrogen) atoms. The Morgan fingerprint density at radius 1 is 0.966 bits per heavy atom. The van der Waals surface area contributed by atoms with E-state index in [1.807, 2.05) is 0 Å². The van der Waals surface area contributed by atoms with Crippen LogP contribution in [0.2, 0.25) is 10.0 Å². The molecule has 2 rings (SSSR count). The van der Waals surface area contributed by atoms with E-state index in [4.69, 9.17) is 27.9 Å². The maximum absolute atomic E-state index is 11.8. The predicted octanol–water partition coefficient (Wildman–Crippen LogP) is 3.80. The van der Waals surface area contributed by atoms with Crippen LogP contribution in [-0.2, 0) is 19.1 Å². The van der Waals surface area contributed by atoms with E-state index in [1.54, 1.807) is 6.07 Å². The van der Waals surface area contributed by atoms with Crippen LogP contribution < -0.4 is 10.6 Å². The highest BCUT2D eigenvalue weighted by molar-refractivity contribution is 6.35. The number of hydrogen-bond donors (Lipinski definition) is 2. The molecule has 0 heterocycles. The third kappa shape index (κ3) is 7.40. The van der Waals surface area contributed by atoms with Gasteiger partial charge in [-0.25, -0.2) is 0 Å². The molecule has 0 atom stereocenters. The molecule has 0 aliphatic carbocycles. The molecule has 0 saturated carbocycles. The van der Waals surface area contributed by atoms with Crippen molar-refractivity contribution in [3.8, 4) is 0 Å². The molecule has 2 N–H and O–H groups in total. The summed E-state index contributed by atoms with van der Waals surface area (Å²) in [6, 6.07) is 9.76. The first-order valence-electron chi connectivity index (χ1n) is 8.19. The van der Waals surface area contributed by atoms with E-state index < -0.39 is 29.3 Å². The Morgan fingerprint density at radius 2 is 1.66 bits per heavy atom. The SMILES string of the molecule is O=C(CCC(=O)OCC(=O)Nc1cc(Cl)ccc1Cl)Nc1ccc([N+](=O)[O-])cc1. The fourth-order valence-electron chi connectivity index (χ4n) is 2.10. The molecule has 2 aromatic rings. The predicted molar refractivity (Wildman–Crippen MR) is 107 cm³/mol. The maximum Gasteiger partial charge on any atom is 0.306 e. The van der Waals surface area contributed by atoms with Crippen molar-refractivity contribution in [2.24, 2.45) is 0 Å². The summed E-state index contributed by atoms with van der Waals surface area (Å²) in [7, 11) is 0. The summed E-state index contributed by atoms with van der Waals surface area (Å²) in [6.45, 7) is -0.550. The van der Waals surface area contributed by atoms with Crippen molar-refractivity contribution in [1.82, 2.24) is 0 Å². The van der Waals surface area contributed by atoms with Gasteiger partial charge in [-0.15, -0.1) is 0 Å². The molecule has 11 heteroatoms. The number of hydrogen-bond acceptors (Lipinski definition) is 6. The zero-order valence-electron chi connectivity index (χ0n) is 14.8. The minimum atomic E-state index is -0.740. The van der Waals surface area contributed by atoms with Gasteiger partial charge >= 0.3 is 5.97 Å². The van der Waals surface area contributed by atoms with E-state index in [1.165, 1.54) is 36.4 Å². The van der Waals surface area contributed by atoms with Crippen molar-refractivity contribution in [2.75, 3.05) is 17.2 Å². The van der Waals surface area contributed by atoms with Crippen LogP contribution in [0.4, 0.5) is 17.1 Å². The minimum absolute atomic E-state index is 0.107. The van der Waals surface area contributed by atoms with Gasteiger partial charge in [-0.3, -0.25) is 24.5 Å². The van der Waals surface area contributed by atoms with Crippen molar-refractivity contribution in [3.63, 3.8) is 0 Å². The van der Waals surface area contributed by atoms with Crippen molar-refractivity contribution >= 4 is 58.0 Å². The van der Waals surface area contributed by atoms with Gasteiger partial charge in [0.15, 0.2) is 6.61 Å². The number of esters is 1. The second-order valence-electron chi connectivity index (χ2n) is 5.69. The summed E-state index contributed by atoms with van der Waals surface area (Å²) in [6.07, 6.45) is -0.429. The molecule has 2 aromatic carbocycles. The topological polar surface area (TPSA) is 128 Å². The normalized spacial score (nSPS) is 10.1. The summed E-state index contributed by atoms with van der Waals surface area (Å²) in [5.74, 6) is -1.83. The lowest BCUT2D eigenvalue weighted by molar-refractivity contribution is -0.384. The van der Waals surface area contributed by atoms with Crippen molar-refractivity contribution < 1.29 is 24.0 Å². The number of carbonyl (C=O) groups excluding carboxylic acids is 3. The number of anilines is 2. The van der Waals surface area contributed by atoms with Crippen LogP contribution in [0.1, 0.15) is 12.8 Å². The van der Waals surface area contributed by atoms with Crippen LogP contribution in [0, 0.1) is 10.1 Å². The largest absolute Gasteiger partial charge is 0.456 e. The molecule has 0 fully saturated rings. The quantitative estimate of drug-likeness (QED) is 0.365. The second kappa shape index (κ2) is 10.4. The number of halogens is 2. The van der Waals surface area contributed by atoms with Crippen LogP contribution in [0.5, 0.6) is 0 Å². The zero-order chi connectivity index (χ0) is 21.4. The van der Waals surface area contributed by atoms with E-state index in [0.717, 1.165) is 0 Å². The molecule has 0 aliphatic rings. The van der Waals surface area contributed by atoms with Gasteiger partial charge in [0.05, 0.1) is 22.1 Å². The molecule has 0 saturated heterocycles. The van der Waals surface area contributed by atoms with Crippen LogP contribution in [0.25, 0.3) is 0 Å². The summed E-state index contributed by atoms with van der Waals surface area (Å²) in [5.41, 5.74) is 0.526. The van der Waals surface area contributed by atoms with E-state index >= 15 is 0 Å². The molecule has 9 nitrogen and oxygen atoms in total. The van der Waals surface area contributed by atoms with Gasteiger partial charge in [0.25, 0.3) is 11.6 Å². The van der Waals surface area contributed by atoms with Gasteiger partial charge in [0.1, 0.15) is 0 Å². The Labute approximate surface area is 175 Å². The highest BCUT2D eigenvalue weighted by atomic mass is 35.5. The van der Waals surface area contributed by atoms with Gasteiger partial charge in [-0.1, -0.05) is 23.2 Å². The number of nitro groups is 1. The molecule has 0 radical (unpaired) electrons. The van der Waals surface area contributed by atoms with Gasteiger partial charge in [0.2, 0.25) is 5.91 Å². The monoisotopic (exact) mass is 439 g/mol. The van der Waals surface area contributed by atoms with E-state index in [-0.39, 0.29) is 29.2 Å². The van der Waals surface area contributed by atoms with Crippen molar-refractivity contribution in [3.05, 3.63) is 62.6 Å². The first-order valence-corrected chi connectivity index (χ1v) is 8.95. The Morgan fingerprint density at radius 3 is 2.31 bits per heavy atom.